The first-order valence-corrected chi connectivity index (χ1v) is 5.57. The van der Waals surface area contributed by atoms with Crippen LogP contribution in [0.25, 0.3) is 0 Å². The summed E-state index contributed by atoms with van der Waals surface area (Å²) in [5, 5.41) is 11.7. The first kappa shape index (κ1) is 11.5. The Morgan fingerprint density at radius 3 is 2.76 bits per heavy atom. The van der Waals surface area contributed by atoms with Gasteiger partial charge in [-0.25, -0.2) is 4.79 Å². The van der Waals surface area contributed by atoms with Gasteiger partial charge in [0.15, 0.2) is 0 Å². The average Bonchev–Trinajstić information content (AvgIpc) is 2.79. The fourth-order valence-electron chi connectivity index (χ4n) is 1.18. The number of carbonyl (C=O) groups is 2. The van der Waals surface area contributed by atoms with E-state index in [-0.39, 0.29) is 10.6 Å². The van der Waals surface area contributed by atoms with Crippen LogP contribution in [0.2, 0.25) is 0 Å². The summed E-state index contributed by atoms with van der Waals surface area (Å²) in [6, 6.07) is 2.95. The van der Waals surface area contributed by atoms with Crippen molar-refractivity contribution in [3.05, 3.63) is 29.0 Å². The van der Waals surface area contributed by atoms with E-state index in [0.717, 1.165) is 11.3 Å². The Kier molecular flexibility index (Phi) is 3.29. The number of aromatic carboxylic acids is 1. The van der Waals surface area contributed by atoms with E-state index < -0.39 is 11.9 Å². The van der Waals surface area contributed by atoms with Gasteiger partial charge in [-0.3, -0.25) is 4.79 Å². The second-order valence-corrected chi connectivity index (χ2v) is 4.21. The molecule has 0 radical (unpaired) electrons. The van der Waals surface area contributed by atoms with Crippen molar-refractivity contribution in [1.29, 1.82) is 0 Å². The smallest absolute Gasteiger partial charge is 0.345 e. The molecular weight excluding hydrogens is 246 g/mol. The van der Waals surface area contributed by atoms with Crippen LogP contribution in [0.5, 0.6) is 0 Å². The second-order valence-electron chi connectivity index (χ2n) is 3.12. The number of ether oxygens (including phenoxy) is 2. The fourth-order valence-corrected chi connectivity index (χ4v) is 1.92. The molecule has 0 unspecified atom stereocenters. The number of thiophene rings is 1. The van der Waals surface area contributed by atoms with E-state index in [1.165, 1.54) is 18.4 Å². The number of rotatable bonds is 3. The molecule has 7 heteroatoms. The number of hydrogen-bond acceptors (Lipinski definition) is 5. The van der Waals surface area contributed by atoms with E-state index in [4.69, 9.17) is 14.6 Å². The minimum atomic E-state index is -1.02. The van der Waals surface area contributed by atoms with Gasteiger partial charge in [0.25, 0.3) is 5.91 Å². The van der Waals surface area contributed by atoms with Gasteiger partial charge >= 0.3 is 5.97 Å². The van der Waals surface area contributed by atoms with Gasteiger partial charge < -0.3 is 19.9 Å². The zero-order valence-corrected chi connectivity index (χ0v) is 9.45. The number of carboxylic acid groups (broad SMARTS) is 1. The molecule has 2 heterocycles. The number of nitrogens with one attached hydrogen (secondary N) is 1. The van der Waals surface area contributed by atoms with Crippen LogP contribution in [0.4, 0.5) is 5.00 Å². The van der Waals surface area contributed by atoms with Crippen molar-refractivity contribution < 1.29 is 24.2 Å². The summed E-state index contributed by atoms with van der Waals surface area (Å²) in [5.41, 5.74) is 0. The summed E-state index contributed by atoms with van der Waals surface area (Å²) in [7, 11) is 0. The van der Waals surface area contributed by atoms with E-state index in [0.29, 0.717) is 18.2 Å². The van der Waals surface area contributed by atoms with Crippen LogP contribution in [0.1, 0.15) is 9.67 Å². The molecule has 1 aromatic rings. The van der Waals surface area contributed by atoms with Gasteiger partial charge in [-0.2, -0.15) is 0 Å². The monoisotopic (exact) mass is 255 g/mol. The van der Waals surface area contributed by atoms with E-state index in [2.05, 4.69) is 5.32 Å². The summed E-state index contributed by atoms with van der Waals surface area (Å²) < 4.78 is 10.0. The standard InChI is InChI=1S/C10H9NO5S/c12-9(6-5-15-3-4-16-6)11-8-2-1-7(17-8)10(13)14/h1-2,5H,3-4H2,(H,11,12)(H,13,14). The van der Waals surface area contributed by atoms with Gasteiger partial charge in [-0.15, -0.1) is 11.3 Å². The summed E-state index contributed by atoms with van der Waals surface area (Å²) in [6.45, 7) is 0.739. The third kappa shape index (κ3) is 2.76. The zero-order chi connectivity index (χ0) is 12.3. The number of amides is 1. The molecule has 2 rings (SSSR count). The Hall–Kier alpha value is -2.02. The van der Waals surface area contributed by atoms with E-state index >= 15 is 0 Å². The Bertz CT molecular complexity index is 479. The SMILES string of the molecule is O=C(Nc1ccc(C(=O)O)s1)C1=COCCO1. The van der Waals surface area contributed by atoms with Crippen molar-refractivity contribution >= 4 is 28.2 Å². The Balaban J connectivity index is 2.02. The van der Waals surface area contributed by atoms with Crippen LogP contribution in [-0.2, 0) is 14.3 Å². The highest BCUT2D eigenvalue weighted by Gasteiger charge is 2.16. The molecule has 0 spiro atoms. The van der Waals surface area contributed by atoms with Crippen molar-refractivity contribution in [1.82, 2.24) is 0 Å². The Labute approximate surface area is 100 Å². The maximum atomic E-state index is 11.6. The molecule has 0 saturated carbocycles. The van der Waals surface area contributed by atoms with Crippen LogP contribution in [0.3, 0.4) is 0 Å². The maximum Gasteiger partial charge on any atom is 0.345 e. The predicted molar refractivity (Wildman–Crippen MR) is 59.9 cm³/mol. The Morgan fingerprint density at radius 2 is 2.18 bits per heavy atom. The molecule has 0 aromatic carbocycles. The molecule has 1 amide bonds. The average molecular weight is 255 g/mol. The first-order chi connectivity index (χ1) is 8.16. The lowest BCUT2D eigenvalue weighted by Gasteiger charge is -2.14. The lowest BCUT2D eigenvalue weighted by atomic mass is 10.4. The molecule has 1 aliphatic rings. The summed E-state index contributed by atoms with van der Waals surface area (Å²) >= 11 is 0.978. The largest absolute Gasteiger partial charge is 0.494 e. The molecule has 0 saturated heterocycles. The number of carbonyl (C=O) groups excluding carboxylic acids is 1. The number of anilines is 1. The molecule has 1 aromatic heterocycles. The van der Waals surface area contributed by atoms with Crippen LogP contribution >= 0.6 is 11.3 Å². The number of carboxylic acids is 1. The molecule has 1 aliphatic heterocycles. The van der Waals surface area contributed by atoms with Crippen LogP contribution in [-0.4, -0.2) is 30.2 Å². The third-order valence-electron chi connectivity index (χ3n) is 1.93. The van der Waals surface area contributed by atoms with Gasteiger partial charge in [0.2, 0.25) is 5.76 Å². The van der Waals surface area contributed by atoms with E-state index in [1.54, 1.807) is 0 Å². The minimum absolute atomic E-state index is 0.0847. The second kappa shape index (κ2) is 4.88. The highest BCUT2D eigenvalue weighted by atomic mass is 32.1. The summed E-state index contributed by atoms with van der Waals surface area (Å²) in [4.78, 5) is 22.4. The topological polar surface area (TPSA) is 84.9 Å². The normalized spacial score (nSPS) is 14.2. The maximum absolute atomic E-state index is 11.6. The molecule has 0 fully saturated rings. The molecule has 0 aliphatic carbocycles. The molecular formula is C10H9NO5S. The molecule has 0 atom stereocenters. The number of hydrogen-bond donors (Lipinski definition) is 2. The molecule has 0 bridgehead atoms. The fraction of sp³-hybridized carbons (Fsp3) is 0.200. The van der Waals surface area contributed by atoms with Crippen molar-refractivity contribution in [2.75, 3.05) is 18.5 Å². The highest BCUT2D eigenvalue weighted by molar-refractivity contribution is 7.18. The van der Waals surface area contributed by atoms with Gasteiger partial charge in [0.1, 0.15) is 24.4 Å². The lowest BCUT2D eigenvalue weighted by Crippen LogP contribution is -2.20. The molecule has 2 N–H and O–H groups in total. The third-order valence-corrected chi connectivity index (χ3v) is 2.92. The van der Waals surface area contributed by atoms with Crippen LogP contribution in [0, 0.1) is 0 Å². The van der Waals surface area contributed by atoms with Crippen molar-refractivity contribution in [3.8, 4) is 0 Å². The van der Waals surface area contributed by atoms with Gasteiger partial charge in [0, 0.05) is 0 Å². The van der Waals surface area contributed by atoms with Gasteiger partial charge in [-0.05, 0) is 12.1 Å². The van der Waals surface area contributed by atoms with Gasteiger partial charge in [-0.1, -0.05) is 0 Å². The zero-order valence-electron chi connectivity index (χ0n) is 8.63. The molecule has 6 nitrogen and oxygen atoms in total. The van der Waals surface area contributed by atoms with Gasteiger partial charge in [0.05, 0.1) is 5.00 Å². The molecule has 90 valence electrons. The van der Waals surface area contributed by atoms with Crippen molar-refractivity contribution in [2.45, 2.75) is 0 Å². The van der Waals surface area contributed by atoms with E-state index in [9.17, 15) is 9.59 Å². The lowest BCUT2D eigenvalue weighted by molar-refractivity contribution is -0.117. The van der Waals surface area contributed by atoms with E-state index in [1.807, 2.05) is 0 Å². The first-order valence-electron chi connectivity index (χ1n) is 4.76. The Morgan fingerprint density at radius 1 is 1.35 bits per heavy atom. The molecule has 17 heavy (non-hydrogen) atoms. The van der Waals surface area contributed by atoms with Crippen LogP contribution < -0.4 is 5.32 Å². The summed E-state index contributed by atoms with van der Waals surface area (Å²) in [6.07, 6.45) is 1.24. The van der Waals surface area contributed by atoms with Crippen LogP contribution in [0.15, 0.2) is 24.2 Å². The predicted octanol–water partition coefficient (Wildman–Crippen LogP) is 1.27. The quantitative estimate of drug-likeness (QED) is 0.849. The highest BCUT2D eigenvalue weighted by Crippen LogP contribution is 2.22. The summed E-state index contributed by atoms with van der Waals surface area (Å²) in [5.74, 6) is -1.39. The van der Waals surface area contributed by atoms with Crippen molar-refractivity contribution in [3.63, 3.8) is 0 Å². The van der Waals surface area contributed by atoms with Crippen molar-refractivity contribution in [2.24, 2.45) is 0 Å². The minimum Gasteiger partial charge on any atom is -0.494 e.